The van der Waals surface area contributed by atoms with E-state index >= 15 is 0 Å². The van der Waals surface area contributed by atoms with Gasteiger partial charge in [-0.2, -0.15) is 8.42 Å². The van der Waals surface area contributed by atoms with Gasteiger partial charge in [0.05, 0.1) is 9.13 Å². The van der Waals surface area contributed by atoms with Crippen molar-refractivity contribution in [2.24, 2.45) is 0 Å². The molecule has 10 heteroatoms. The largest absolute Gasteiger partial charge is 0.487 e. The van der Waals surface area contributed by atoms with Gasteiger partial charge in [0.15, 0.2) is 14.1 Å². The van der Waals surface area contributed by atoms with Crippen LogP contribution in [0.5, 0.6) is 11.5 Å². The highest BCUT2D eigenvalue weighted by atomic mass is 127. The van der Waals surface area contributed by atoms with E-state index in [4.69, 9.17) is 22.8 Å². The molecule has 1 aliphatic carbocycles. The van der Waals surface area contributed by atoms with E-state index in [-0.39, 0.29) is 22.3 Å². The smallest absolute Gasteiger partial charge is 0.339 e. The number of rotatable bonds is 10. The quantitative estimate of drug-likeness (QED) is 0.0942. The van der Waals surface area contributed by atoms with E-state index < -0.39 is 30.3 Å². The molecule has 2 atom stereocenters. The lowest BCUT2D eigenvalue weighted by molar-refractivity contribution is -0.274. The van der Waals surface area contributed by atoms with E-state index in [1.54, 1.807) is 32.4 Å². The van der Waals surface area contributed by atoms with E-state index in [9.17, 15) is 8.42 Å². The van der Waals surface area contributed by atoms with Crippen molar-refractivity contribution in [2.75, 3.05) is 14.2 Å². The van der Waals surface area contributed by atoms with Crippen molar-refractivity contribution in [3.8, 4) is 11.5 Å². The van der Waals surface area contributed by atoms with Crippen molar-refractivity contribution in [1.29, 1.82) is 0 Å². The van der Waals surface area contributed by atoms with Crippen LogP contribution in [0.3, 0.4) is 0 Å². The maximum absolute atomic E-state index is 13.3. The molecule has 0 heterocycles. The average molecular weight is 697 g/mol. The van der Waals surface area contributed by atoms with Crippen LogP contribution >= 0.6 is 22.6 Å². The Bertz CT molecular complexity index is 1470. The fraction of sp³-hybridized carbons (Fsp3) is 0.400. The molecular weight excluding hydrogens is 659 g/mol. The summed E-state index contributed by atoms with van der Waals surface area (Å²) in [5.74, 6) is -0.625. The van der Waals surface area contributed by atoms with E-state index in [2.05, 4.69) is 56.5 Å². The summed E-state index contributed by atoms with van der Waals surface area (Å²) in [5.41, 5.74) is 3.29. The van der Waals surface area contributed by atoms with E-state index in [1.165, 1.54) is 12.1 Å². The minimum Gasteiger partial charge on any atom is -0.487 e. The van der Waals surface area contributed by atoms with Crippen LogP contribution in [0.2, 0.25) is 18.1 Å². The van der Waals surface area contributed by atoms with Crippen LogP contribution in [-0.2, 0) is 36.4 Å². The molecule has 0 saturated heterocycles. The van der Waals surface area contributed by atoms with Crippen LogP contribution in [0, 0.1) is 10.5 Å². The van der Waals surface area contributed by atoms with Gasteiger partial charge in [0.2, 0.25) is 5.79 Å². The SMILES string of the molecule is COC1c2cc(OS(=O)(=O)c3ccc(C)cc3)c(I)c(OCc3ccccc3)c2C1(OC)O[Si](C)(C)C(C)(C)C. The van der Waals surface area contributed by atoms with Crippen LogP contribution in [0.1, 0.15) is 49.1 Å². The second-order valence-electron chi connectivity index (χ2n) is 11.5. The average Bonchev–Trinajstić information content (AvgIpc) is 2.88. The summed E-state index contributed by atoms with van der Waals surface area (Å²) >= 11 is 2.08. The Morgan fingerprint density at radius 2 is 1.62 bits per heavy atom. The van der Waals surface area contributed by atoms with E-state index in [1.807, 2.05) is 37.3 Å². The molecule has 0 spiro atoms. The molecule has 3 aromatic rings. The molecule has 0 aliphatic heterocycles. The zero-order valence-electron chi connectivity index (χ0n) is 24.2. The molecule has 0 saturated carbocycles. The topological polar surface area (TPSA) is 80.3 Å². The highest BCUT2D eigenvalue weighted by Gasteiger charge is 2.61. The lowest BCUT2D eigenvalue weighted by Gasteiger charge is -2.54. The van der Waals surface area contributed by atoms with Crippen molar-refractivity contribution in [2.45, 2.75) is 69.2 Å². The Morgan fingerprint density at radius 1 is 1.00 bits per heavy atom. The number of aryl methyl sites for hydroxylation is 1. The molecular formula is C30H37IO7SSi. The third-order valence-corrected chi connectivity index (χ3v) is 14.4. The normalized spacial score (nSPS) is 19.1. The molecule has 0 bridgehead atoms. The molecule has 0 aromatic heterocycles. The Morgan fingerprint density at radius 3 is 2.17 bits per heavy atom. The van der Waals surface area contributed by atoms with Crippen LogP contribution in [0.4, 0.5) is 0 Å². The zero-order valence-corrected chi connectivity index (χ0v) is 28.2. The molecule has 0 amide bonds. The molecule has 1 aliphatic rings. The maximum Gasteiger partial charge on any atom is 0.339 e. The zero-order chi connectivity index (χ0) is 29.5. The summed E-state index contributed by atoms with van der Waals surface area (Å²) in [4.78, 5) is 0.0686. The van der Waals surface area contributed by atoms with Gasteiger partial charge in [-0.1, -0.05) is 68.8 Å². The molecule has 7 nitrogen and oxygen atoms in total. The number of fused-ring (bicyclic) bond motifs is 1. The van der Waals surface area contributed by atoms with E-state index in [0.29, 0.717) is 20.4 Å². The lowest BCUT2D eigenvalue weighted by Crippen LogP contribution is -2.57. The number of benzene rings is 3. The summed E-state index contributed by atoms with van der Waals surface area (Å²) in [6, 6.07) is 18.0. The van der Waals surface area contributed by atoms with Gasteiger partial charge in [0.25, 0.3) is 0 Å². The van der Waals surface area contributed by atoms with Crippen molar-refractivity contribution < 1.29 is 31.2 Å². The number of ether oxygens (including phenoxy) is 3. The molecule has 4 rings (SSSR count). The Kier molecular flexibility index (Phi) is 8.81. The summed E-state index contributed by atoms with van der Waals surface area (Å²) in [6.45, 7) is 12.9. The third kappa shape index (κ3) is 5.71. The number of halogens is 1. The minimum absolute atomic E-state index is 0.0686. The first kappa shape index (κ1) is 31.0. The summed E-state index contributed by atoms with van der Waals surface area (Å²) in [6.07, 6.45) is -0.623. The summed E-state index contributed by atoms with van der Waals surface area (Å²) < 4.78 is 58.2. The van der Waals surface area contributed by atoms with Gasteiger partial charge in [-0.05, 0) is 71.4 Å². The summed E-state index contributed by atoms with van der Waals surface area (Å²) in [7, 11) is -3.30. The fourth-order valence-corrected chi connectivity index (χ4v) is 7.55. The van der Waals surface area contributed by atoms with Gasteiger partial charge in [-0.3, -0.25) is 0 Å². The van der Waals surface area contributed by atoms with Crippen molar-refractivity contribution in [1.82, 2.24) is 0 Å². The lowest BCUT2D eigenvalue weighted by atomic mass is 9.77. The van der Waals surface area contributed by atoms with Crippen LogP contribution in [0.15, 0.2) is 65.6 Å². The first-order valence-corrected chi connectivity index (χ1v) is 18.4. The third-order valence-electron chi connectivity index (χ3n) is 7.68. The number of methoxy groups -OCH3 is 2. The molecule has 0 radical (unpaired) electrons. The Balaban J connectivity index is 1.86. The Hall–Kier alpha value is -1.96. The Labute approximate surface area is 252 Å². The second kappa shape index (κ2) is 11.4. The van der Waals surface area contributed by atoms with Gasteiger partial charge in [0, 0.05) is 19.8 Å². The van der Waals surface area contributed by atoms with Crippen molar-refractivity contribution >= 4 is 41.0 Å². The number of hydrogen-bond donors (Lipinski definition) is 0. The van der Waals surface area contributed by atoms with Gasteiger partial charge in [-0.25, -0.2) is 0 Å². The molecule has 0 fully saturated rings. The second-order valence-corrected chi connectivity index (χ2v) is 18.8. The standard InChI is InChI=1S/C30H37IO7SSi/c1-20-14-16-22(17-15-20)39(32,33)37-24-18-23-25(27(26(24)31)36-19-21-12-10-9-11-13-21)30(35-6,28(23)34-5)38-40(7,8)29(2,3)4/h9-18,28H,19H2,1-8H3. The van der Waals surface area contributed by atoms with E-state index in [0.717, 1.165) is 11.1 Å². The molecule has 2 unspecified atom stereocenters. The van der Waals surface area contributed by atoms with Gasteiger partial charge >= 0.3 is 10.1 Å². The van der Waals surface area contributed by atoms with Gasteiger partial charge in [-0.15, -0.1) is 0 Å². The molecule has 40 heavy (non-hydrogen) atoms. The predicted molar refractivity (Wildman–Crippen MR) is 166 cm³/mol. The van der Waals surface area contributed by atoms with Crippen LogP contribution in [-0.4, -0.2) is 31.0 Å². The predicted octanol–water partition coefficient (Wildman–Crippen LogP) is 7.47. The number of hydrogen-bond acceptors (Lipinski definition) is 7. The van der Waals surface area contributed by atoms with Gasteiger partial charge < -0.3 is 22.8 Å². The molecule has 3 aromatic carbocycles. The first-order valence-electron chi connectivity index (χ1n) is 13.0. The van der Waals surface area contributed by atoms with Crippen molar-refractivity contribution in [3.63, 3.8) is 0 Å². The fourth-order valence-electron chi connectivity index (χ4n) is 4.42. The van der Waals surface area contributed by atoms with Crippen LogP contribution in [0.25, 0.3) is 0 Å². The van der Waals surface area contributed by atoms with Gasteiger partial charge in [0.1, 0.15) is 23.4 Å². The molecule has 216 valence electrons. The van der Waals surface area contributed by atoms with Crippen molar-refractivity contribution in [3.05, 3.63) is 86.5 Å². The monoisotopic (exact) mass is 696 g/mol. The first-order chi connectivity index (χ1) is 18.7. The minimum atomic E-state index is -4.11. The highest BCUT2D eigenvalue weighted by molar-refractivity contribution is 14.1. The maximum atomic E-state index is 13.3. The van der Waals surface area contributed by atoms with Crippen LogP contribution < -0.4 is 8.92 Å². The summed E-state index contributed by atoms with van der Waals surface area (Å²) in [5, 5.41) is -0.101. The molecule has 0 N–H and O–H groups in total. The highest BCUT2D eigenvalue weighted by Crippen LogP contribution is 2.61.